The lowest BCUT2D eigenvalue weighted by Crippen LogP contribution is -2.10. The highest BCUT2D eigenvalue weighted by Crippen LogP contribution is 1.92. The van der Waals surface area contributed by atoms with Crippen LogP contribution in [0.2, 0.25) is 0 Å². The summed E-state index contributed by atoms with van der Waals surface area (Å²) in [4.78, 5) is 0. The quantitative estimate of drug-likeness (QED) is 0.432. The SMILES string of the molecule is C=CN(CC)/N=C(\C)CC. The molecular formula is C8H16N2. The van der Waals surface area contributed by atoms with Crippen molar-refractivity contribution in [2.45, 2.75) is 27.2 Å². The number of rotatable bonds is 4. The Morgan fingerprint density at radius 1 is 1.60 bits per heavy atom. The largest absolute Gasteiger partial charge is 0.274 e. The number of hydrogen-bond acceptors (Lipinski definition) is 2. The Labute approximate surface area is 63.2 Å². The molecule has 10 heavy (non-hydrogen) atoms. The lowest BCUT2D eigenvalue weighted by atomic mass is 10.3. The molecule has 0 aromatic heterocycles. The van der Waals surface area contributed by atoms with E-state index < -0.39 is 0 Å². The van der Waals surface area contributed by atoms with Crippen molar-refractivity contribution in [3.8, 4) is 0 Å². The summed E-state index contributed by atoms with van der Waals surface area (Å²) in [5.41, 5.74) is 1.14. The molecule has 2 heteroatoms. The molecule has 0 fully saturated rings. The van der Waals surface area contributed by atoms with Crippen LogP contribution in [0.15, 0.2) is 17.9 Å². The molecule has 0 amide bonds. The van der Waals surface area contributed by atoms with Crippen molar-refractivity contribution in [3.05, 3.63) is 12.8 Å². The number of hydrogen-bond donors (Lipinski definition) is 0. The maximum absolute atomic E-state index is 4.26. The van der Waals surface area contributed by atoms with Crippen LogP contribution in [0.4, 0.5) is 0 Å². The van der Waals surface area contributed by atoms with Gasteiger partial charge in [-0.15, -0.1) is 0 Å². The van der Waals surface area contributed by atoms with Gasteiger partial charge in [-0.1, -0.05) is 13.5 Å². The van der Waals surface area contributed by atoms with E-state index in [2.05, 4.69) is 18.6 Å². The smallest absolute Gasteiger partial charge is 0.0380 e. The van der Waals surface area contributed by atoms with Gasteiger partial charge in [0.15, 0.2) is 0 Å². The van der Waals surface area contributed by atoms with Gasteiger partial charge in [-0.2, -0.15) is 5.10 Å². The minimum absolute atomic E-state index is 0.890. The molecule has 0 aliphatic heterocycles. The molecule has 0 aromatic carbocycles. The Morgan fingerprint density at radius 2 is 2.20 bits per heavy atom. The first-order valence-electron chi connectivity index (χ1n) is 3.67. The van der Waals surface area contributed by atoms with E-state index in [1.54, 1.807) is 6.20 Å². The van der Waals surface area contributed by atoms with E-state index in [9.17, 15) is 0 Å². The van der Waals surface area contributed by atoms with Crippen molar-refractivity contribution in [1.82, 2.24) is 5.01 Å². The van der Waals surface area contributed by atoms with Crippen molar-refractivity contribution in [1.29, 1.82) is 0 Å². The molecule has 0 saturated carbocycles. The highest BCUT2D eigenvalue weighted by molar-refractivity contribution is 5.81. The highest BCUT2D eigenvalue weighted by Gasteiger charge is 1.89. The molecule has 0 atom stereocenters. The van der Waals surface area contributed by atoms with Gasteiger partial charge in [0.1, 0.15) is 0 Å². The summed E-state index contributed by atoms with van der Waals surface area (Å²) in [5, 5.41) is 6.10. The molecule has 2 nitrogen and oxygen atoms in total. The summed E-state index contributed by atoms with van der Waals surface area (Å²) in [6.45, 7) is 10.7. The molecule has 0 radical (unpaired) electrons. The third-order valence-corrected chi connectivity index (χ3v) is 1.35. The van der Waals surface area contributed by atoms with Gasteiger partial charge in [0.05, 0.1) is 0 Å². The molecule has 0 bridgehead atoms. The summed E-state index contributed by atoms with van der Waals surface area (Å²) in [7, 11) is 0. The molecule has 58 valence electrons. The van der Waals surface area contributed by atoms with E-state index in [0.717, 1.165) is 18.7 Å². The third-order valence-electron chi connectivity index (χ3n) is 1.35. The fourth-order valence-electron chi connectivity index (χ4n) is 0.531. The molecule has 0 aromatic rings. The maximum atomic E-state index is 4.26. The Hall–Kier alpha value is -0.790. The molecule has 0 rings (SSSR count). The van der Waals surface area contributed by atoms with Crippen molar-refractivity contribution in [3.63, 3.8) is 0 Å². The van der Waals surface area contributed by atoms with Crippen LogP contribution < -0.4 is 0 Å². The zero-order valence-corrected chi connectivity index (χ0v) is 7.09. The van der Waals surface area contributed by atoms with Gasteiger partial charge in [-0.3, -0.25) is 5.01 Å². The third kappa shape index (κ3) is 3.28. The summed E-state index contributed by atoms with van der Waals surface area (Å²) in [6.07, 6.45) is 2.74. The first-order chi connectivity index (χ1) is 4.74. The van der Waals surface area contributed by atoms with Crippen molar-refractivity contribution >= 4 is 5.71 Å². The lowest BCUT2D eigenvalue weighted by Gasteiger charge is -2.10. The van der Waals surface area contributed by atoms with E-state index in [4.69, 9.17) is 0 Å². The average molecular weight is 140 g/mol. The second-order valence-corrected chi connectivity index (χ2v) is 2.13. The van der Waals surface area contributed by atoms with Gasteiger partial charge in [-0.05, 0) is 20.3 Å². The summed E-state index contributed by atoms with van der Waals surface area (Å²) in [6, 6.07) is 0. The molecule has 0 saturated heterocycles. The zero-order chi connectivity index (χ0) is 7.98. The van der Waals surface area contributed by atoms with E-state index in [-0.39, 0.29) is 0 Å². The van der Waals surface area contributed by atoms with Crippen LogP contribution in [0.3, 0.4) is 0 Å². The van der Waals surface area contributed by atoms with Crippen LogP contribution in [0, 0.1) is 0 Å². The molecule has 0 aliphatic carbocycles. The first-order valence-corrected chi connectivity index (χ1v) is 3.67. The standard InChI is InChI=1S/C8H16N2/c1-5-8(4)9-10(6-2)7-3/h6H,2,5,7H2,1,3-4H3/b9-8+. The second-order valence-electron chi connectivity index (χ2n) is 2.13. The van der Waals surface area contributed by atoms with Crippen LogP contribution >= 0.6 is 0 Å². The molecule has 0 unspecified atom stereocenters. The van der Waals surface area contributed by atoms with Gasteiger partial charge in [0, 0.05) is 18.5 Å². The minimum Gasteiger partial charge on any atom is -0.274 e. The number of hydrazone groups is 1. The fraction of sp³-hybridized carbons (Fsp3) is 0.625. The zero-order valence-electron chi connectivity index (χ0n) is 7.09. The van der Waals surface area contributed by atoms with Crippen LogP contribution in [0.1, 0.15) is 27.2 Å². The fourth-order valence-corrected chi connectivity index (χ4v) is 0.531. The van der Waals surface area contributed by atoms with Crippen LogP contribution in [-0.2, 0) is 0 Å². The van der Waals surface area contributed by atoms with Crippen LogP contribution in [0.5, 0.6) is 0 Å². The Morgan fingerprint density at radius 3 is 2.50 bits per heavy atom. The summed E-state index contributed by atoms with van der Waals surface area (Å²) in [5.74, 6) is 0. The van der Waals surface area contributed by atoms with E-state index >= 15 is 0 Å². The maximum Gasteiger partial charge on any atom is 0.0380 e. The van der Waals surface area contributed by atoms with Gasteiger partial charge >= 0.3 is 0 Å². The molecular weight excluding hydrogens is 124 g/mol. The van der Waals surface area contributed by atoms with Crippen LogP contribution in [0.25, 0.3) is 0 Å². The second kappa shape index (κ2) is 5.03. The average Bonchev–Trinajstić information content (AvgIpc) is 1.99. The summed E-state index contributed by atoms with van der Waals surface area (Å²) >= 11 is 0. The first kappa shape index (κ1) is 9.21. The van der Waals surface area contributed by atoms with Gasteiger partial charge in [-0.25, -0.2) is 0 Å². The predicted molar refractivity (Wildman–Crippen MR) is 46.0 cm³/mol. The Balaban J connectivity index is 3.92. The normalized spacial score (nSPS) is 11.3. The Bertz CT molecular complexity index is 127. The molecule has 0 spiro atoms. The van der Waals surface area contributed by atoms with Crippen molar-refractivity contribution < 1.29 is 0 Å². The van der Waals surface area contributed by atoms with Gasteiger partial charge in [0.25, 0.3) is 0 Å². The van der Waals surface area contributed by atoms with Gasteiger partial charge < -0.3 is 0 Å². The monoisotopic (exact) mass is 140 g/mol. The lowest BCUT2D eigenvalue weighted by molar-refractivity contribution is 0.422. The van der Waals surface area contributed by atoms with E-state index in [0.29, 0.717) is 0 Å². The molecule has 0 N–H and O–H groups in total. The molecule has 0 aliphatic rings. The Kier molecular flexibility index (Phi) is 4.63. The predicted octanol–water partition coefficient (Wildman–Crippen LogP) is 2.24. The van der Waals surface area contributed by atoms with E-state index in [1.165, 1.54) is 0 Å². The molecule has 0 heterocycles. The summed E-state index contributed by atoms with van der Waals surface area (Å²) < 4.78 is 0. The van der Waals surface area contributed by atoms with E-state index in [1.807, 2.05) is 18.9 Å². The van der Waals surface area contributed by atoms with Crippen molar-refractivity contribution in [2.75, 3.05) is 6.54 Å². The van der Waals surface area contributed by atoms with Crippen LogP contribution in [-0.4, -0.2) is 17.3 Å². The van der Waals surface area contributed by atoms with Gasteiger partial charge in [0.2, 0.25) is 0 Å². The topological polar surface area (TPSA) is 15.6 Å². The van der Waals surface area contributed by atoms with Crippen molar-refractivity contribution in [2.24, 2.45) is 5.10 Å². The minimum atomic E-state index is 0.890. The number of nitrogens with zero attached hydrogens (tertiary/aromatic N) is 2. The highest BCUT2D eigenvalue weighted by atomic mass is 15.4.